The highest BCUT2D eigenvalue weighted by atomic mass is 32.2. The van der Waals surface area contributed by atoms with Crippen LogP contribution in [0.1, 0.15) is 11.1 Å². The SMILES string of the molecule is COc1cccc(CN(CCS(=O)c2ccccc2)S(=O)(=O)c2ccc(C)cc2)c1. The van der Waals surface area contributed by atoms with Crippen molar-refractivity contribution in [3.63, 3.8) is 0 Å². The maximum absolute atomic E-state index is 13.3. The van der Waals surface area contributed by atoms with Crippen molar-refractivity contribution in [2.24, 2.45) is 0 Å². The molecule has 30 heavy (non-hydrogen) atoms. The predicted octanol–water partition coefficient (Wildman–Crippen LogP) is 4.00. The lowest BCUT2D eigenvalue weighted by molar-refractivity contribution is 0.408. The van der Waals surface area contributed by atoms with Crippen LogP contribution in [0.3, 0.4) is 0 Å². The van der Waals surface area contributed by atoms with Gasteiger partial charge in [-0.2, -0.15) is 4.31 Å². The van der Waals surface area contributed by atoms with Gasteiger partial charge in [-0.05, 0) is 48.9 Å². The van der Waals surface area contributed by atoms with E-state index in [9.17, 15) is 12.6 Å². The monoisotopic (exact) mass is 443 g/mol. The fourth-order valence-corrected chi connectivity index (χ4v) is 5.62. The smallest absolute Gasteiger partial charge is 0.243 e. The predicted molar refractivity (Wildman–Crippen MR) is 119 cm³/mol. The standard InChI is InChI=1S/C23H25NO4S2/c1-19-11-13-23(14-12-19)30(26,27)24(18-20-7-6-8-21(17-20)28-2)15-16-29(25)22-9-4-3-5-10-22/h3-14,17H,15-16,18H2,1-2H3. The number of ether oxygens (including phenoxy) is 1. The molecule has 0 amide bonds. The van der Waals surface area contributed by atoms with E-state index in [4.69, 9.17) is 4.74 Å². The number of rotatable bonds is 9. The Hall–Kier alpha value is -2.48. The van der Waals surface area contributed by atoms with Gasteiger partial charge in [0, 0.05) is 23.7 Å². The molecule has 0 aromatic heterocycles. The third-order valence-corrected chi connectivity index (χ3v) is 7.89. The van der Waals surface area contributed by atoms with Crippen molar-refractivity contribution < 1.29 is 17.4 Å². The molecular formula is C23H25NO4S2. The van der Waals surface area contributed by atoms with Crippen LogP contribution in [-0.4, -0.2) is 36.3 Å². The maximum atomic E-state index is 13.3. The summed E-state index contributed by atoms with van der Waals surface area (Å²) in [4.78, 5) is 0.910. The Morgan fingerprint density at radius 3 is 2.30 bits per heavy atom. The Kier molecular flexibility index (Phi) is 7.42. The lowest BCUT2D eigenvalue weighted by Crippen LogP contribution is -2.34. The van der Waals surface area contributed by atoms with E-state index < -0.39 is 20.8 Å². The van der Waals surface area contributed by atoms with Crippen LogP contribution in [0.25, 0.3) is 0 Å². The molecule has 0 heterocycles. The number of methoxy groups -OCH3 is 1. The van der Waals surface area contributed by atoms with Crippen LogP contribution in [0.15, 0.2) is 88.7 Å². The topological polar surface area (TPSA) is 63.7 Å². The summed E-state index contributed by atoms with van der Waals surface area (Å²) < 4.78 is 46.0. The Morgan fingerprint density at radius 1 is 0.933 bits per heavy atom. The second kappa shape index (κ2) is 10.0. The van der Waals surface area contributed by atoms with E-state index in [0.29, 0.717) is 10.6 Å². The van der Waals surface area contributed by atoms with E-state index in [0.717, 1.165) is 11.1 Å². The van der Waals surface area contributed by atoms with Crippen molar-refractivity contribution in [1.29, 1.82) is 0 Å². The highest BCUT2D eigenvalue weighted by molar-refractivity contribution is 7.89. The average Bonchev–Trinajstić information content (AvgIpc) is 2.77. The molecule has 7 heteroatoms. The molecule has 1 atom stereocenters. The minimum atomic E-state index is -3.76. The number of sulfonamides is 1. The van der Waals surface area contributed by atoms with Gasteiger partial charge >= 0.3 is 0 Å². The summed E-state index contributed by atoms with van der Waals surface area (Å²) in [5.41, 5.74) is 1.79. The van der Waals surface area contributed by atoms with Crippen LogP contribution in [0, 0.1) is 6.92 Å². The third-order valence-electron chi connectivity index (χ3n) is 4.68. The number of aryl methyl sites for hydroxylation is 1. The van der Waals surface area contributed by atoms with Crippen LogP contribution in [0.4, 0.5) is 0 Å². The first-order valence-corrected chi connectivity index (χ1v) is 12.3. The normalized spacial score (nSPS) is 12.6. The molecular weight excluding hydrogens is 418 g/mol. The molecule has 3 aromatic rings. The zero-order chi connectivity index (χ0) is 21.6. The van der Waals surface area contributed by atoms with Crippen LogP contribution >= 0.6 is 0 Å². The van der Waals surface area contributed by atoms with Gasteiger partial charge in [0.1, 0.15) is 5.75 Å². The van der Waals surface area contributed by atoms with Gasteiger partial charge in [0.15, 0.2) is 0 Å². The van der Waals surface area contributed by atoms with E-state index in [1.165, 1.54) is 4.31 Å². The van der Waals surface area contributed by atoms with E-state index in [2.05, 4.69) is 0 Å². The largest absolute Gasteiger partial charge is 0.497 e. The van der Waals surface area contributed by atoms with E-state index in [1.54, 1.807) is 43.5 Å². The van der Waals surface area contributed by atoms with Crippen molar-refractivity contribution in [2.75, 3.05) is 19.4 Å². The van der Waals surface area contributed by atoms with Crippen molar-refractivity contribution in [3.05, 3.63) is 90.0 Å². The maximum Gasteiger partial charge on any atom is 0.243 e. The highest BCUT2D eigenvalue weighted by Gasteiger charge is 2.25. The van der Waals surface area contributed by atoms with Gasteiger partial charge < -0.3 is 4.74 Å². The molecule has 5 nitrogen and oxygen atoms in total. The van der Waals surface area contributed by atoms with Gasteiger partial charge in [-0.1, -0.05) is 48.0 Å². The van der Waals surface area contributed by atoms with E-state index in [1.807, 2.05) is 49.4 Å². The summed E-state index contributed by atoms with van der Waals surface area (Å²) in [6.45, 7) is 2.21. The van der Waals surface area contributed by atoms with Crippen LogP contribution in [0.2, 0.25) is 0 Å². The first kappa shape index (κ1) is 22.2. The second-order valence-electron chi connectivity index (χ2n) is 6.87. The van der Waals surface area contributed by atoms with Crippen LogP contribution in [-0.2, 0) is 27.4 Å². The number of hydrogen-bond acceptors (Lipinski definition) is 4. The highest BCUT2D eigenvalue weighted by Crippen LogP contribution is 2.21. The molecule has 3 aromatic carbocycles. The molecule has 0 aliphatic rings. The molecule has 3 rings (SSSR count). The lowest BCUT2D eigenvalue weighted by Gasteiger charge is -2.22. The first-order valence-electron chi connectivity index (χ1n) is 9.53. The second-order valence-corrected chi connectivity index (χ2v) is 10.4. The Balaban J connectivity index is 1.87. The summed E-state index contributed by atoms with van der Waals surface area (Å²) in [6.07, 6.45) is 0. The molecule has 0 saturated carbocycles. The molecule has 0 N–H and O–H groups in total. The zero-order valence-corrected chi connectivity index (χ0v) is 18.7. The first-order chi connectivity index (χ1) is 14.4. The fourth-order valence-electron chi connectivity index (χ4n) is 2.99. The Bertz CT molecular complexity index is 1100. The van der Waals surface area contributed by atoms with Crippen molar-refractivity contribution in [1.82, 2.24) is 4.31 Å². The average molecular weight is 444 g/mol. The van der Waals surface area contributed by atoms with Crippen LogP contribution in [0.5, 0.6) is 5.75 Å². The van der Waals surface area contributed by atoms with Gasteiger partial charge in [-0.15, -0.1) is 0 Å². The number of hydrogen-bond donors (Lipinski definition) is 0. The molecule has 0 saturated heterocycles. The molecule has 0 radical (unpaired) electrons. The zero-order valence-electron chi connectivity index (χ0n) is 17.0. The third kappa shape index (κ3) is 5.56. The van der Waals surface area contributed by atoms with E-state index in [-0.39, 0.29) is 23.7 Å². The van der Waals surface area contributed by atoms with E-state index >= 15 is 0 Å². The summed E-state index contributed by atoms with van der Waals surface area (Å²) in [7, 11) is -3.48. The van der Waals surface area contributed by atoms with Gasteiger partial charge in [0.05, 0.1) is 22.8 Å². The van der Waals surface area contributed by atoms with Crippen molar-refractivity contribution in [3.8, 4) is 5.75 Å². The van der Waals surface area contributed by atoms with Crippen LogP contribution < -0.4 is 4.74 Å². The quantitative estimate of drug-likeness (QED) is 0.501. The van der Waals surface area contributed by atoms with Gasteiger partial charge in [-0.25, -0.2) is 8.42 Å². The molecule has 158 valence electrons. The minimum absolute atomic E-state index is 0.134. The molecule has 1 unspecified atom stereocenters. The summed E-state index contributed by atoms with van der Waals surface area (Å²) >= 11 is 0. The van der Waals surface area contributed by atoms with Gasteiger partial charge in [0.25, 0.3) is 0 Å². The summed E-state index contributed by atoms with van der Waals surface area (Å²) in [5, 5.41) is 0. The summed E-state index contributed by atoms with van der Waals surface area (Å²) in [6, 6.07) is 23.2. The number of benzene rings is 3. The van der Waals surface area contributed by atoms with Gasteiger partial charge in [-0.3, -0.25) is 4.21 Å². The molecule has 0 fully saturated rings. The fraction of sp³-hybridized carbons (Fsp3) is 0.217. The molecule has 0 spiro atoms. The van der Waals surface area contributed by atoms with Crippen molar-refractivity contribution in [2.45, 2.75) is 23.3 Å². The van der Waals surface area contributed by atoms with Crippen molar-refractivity contribution >= 4 is 20.8 Å². The van der Waals surface area contributed by atoms with Gasteiger partial charge in [0.2, 0.25) is 10.0 Å². The lowest BCUT2D eigenvalue weighted by atomic mass is 10.2. The number of nitrogens with zero attached hydrogens (tertiary/aromatic N) is 1. The molecule has 0 bridgehead atoms. The Labute approximate surface area is 180 Å². The Morgan fingerprint density at radius 2 is 1.63 bits per heavy atom. The minimum Gasteiger partial charge on any atom is -0.497 e. The molecule has 0 aliphatic carbocycles. The molecule has 0 aliphatic heterocycles. The summed E-state index contributed by atoms with van der Waals surface area (Å²) in [5.74, 6) is 0.868.